The van der Waals surface area contributed by atoms with Gasteiger partial charge >= 0.3 is 5.97 Å². The van der Waals surface area contributed by atoms with Gasteiger partial charge in [-0.15, -0.1) is 0 Å². The Kier molecular flexibility index (Phi) is 7.35. The highest BCUT2D eigenvalue weighted by Gasteiger charge is 2.23. The molecule has 0 aliphatic rings. The number of nitrogens with one attached hydrogen (secondary N) is 1. The average Bonchev–Trinajstić information content (AvgIpc) is 2.52. The van der Waals surface area contributed by atoms with Crippen molar-refractivity contribution in [3.8, 4) is 0 Å². The molecule has 0 heterocycles. The Hall–Kier alpha value is -1.93. The standard InChI is InChI=1S/C18H27NO6S/c1-12(2)26(23,24)14-8-6-13(7-9-14)16(20)19-15(17(21)22)10-11-25-18(3,4)5/h6-9,12,15H,10-11H2,1-5H3,(H,19,20)(H,21,22). The van der Waals surface area contributed by atoms with Gasteiger partial charge in [-0.3, -0.25) is 4.79 Å². The fraction of sp³-hybridized carbons (Fsp3) is 0.556. The van der Waals surface area contributed by atoms with Crippen LogP contribution in [0.2, 0.25) is 0 Å². The number of hydrogen-bond acceptors (Lipinski definition) is 5. The van der Waals surface area contributed by atoms with Gasteiger partial charge in [0.15, 0.2) is 9.84 Å². The minimum atomic E-state index is -3.42. The van der Waals surface area contributed by atoms with Gasteiger partial charge in [0.2, 0.25) is 0 Å². The molecule has 7 nitrogen and oxygen atoms in total. The number of ether oxygens (including phenoxy) is 1. The molecule has 26 heavy (non-hydrogen) atoms. The number of carbonyl (C=O) groups excluding carboxylic acids is 1. The summed E-state index contributed by atoms with van der Waals surface area (Å²) in [6.45, 7) is 8.91. The van der Waals surface area contributed by atoms with Crippen LogP contribution in [0, 0.1) is 0 Å². The number of carbonyl (C=O) groups is 2. The number of rotatable bonds is 8. The summed E-state index contributed by atoms with van der Waals surface area (Å²) in [5.74, 6) is -1.74. The van der Waals surface area contributed by atoms with Crippen molar-refractivity contribution in [2.24, 2.45) is 0 Å². The number of carboxylic acid groups (broad SMARTS) is 1. The van der Waals surface area contributed by atoms with Gasteiger partial charge in [0, 0.05) is 18.6 Å². The van der Waals surface area contributed by atoms with E-state index >= 15 is 0 Å². The Morgan fingerprint density at radius 3 is 2.12 bits per heavy atom. The Bertz CT molecular complexity index is 732. The van der Waals surface area contributed by atoms with Gasteiger partial charge in [-0.2, -0.15) is 0 Å². The van der Waals surface area contributed by atoms with E-state index in [9.17, 15) is 23.1 Å². The van der Waals surface area contributed by atoms with Crippen molar-refractivity contribution in [1.29, 1.82) is 0 Å². The van der Waals surface area contributed by atoms with Crippen LogP contribution in [0.4, 0.5) is 0 Å². The summed E-state index contributed by atoms with van der Waals surface area (Å²) in [4.78, 5) is 23.7. The summed E-state index contributed by atoms with van der Waals surface area (Å²) in [6.07, 6.45) is 0.123. The molecule has 1 rings (SSSR count). The summed E-state index contributed by atoms with van der Waals surface area (Å²) in [5, 5.41) is 11.1. The quantitative estimate of drug-likeness (QED) is 0.710. The van der Waals surface area contributed by atoms with Gasteiger partial charge in [0.1, 0.15) is 6.04 Å². The Labute approximate surface area is 154 Å². The molecule has 0 radical (unpaired) electrons. The number of amides is 1. The summed E-state index contributed by atoms with van der Waals surface area (Å²) >= 11 is 0. The van der Waals surface area contributed by atoms with Crippen LogP contribution in [0.15, 0.2) is 29.2 Å². The molecule has 1 aromatic rings. The normalized spacial score (nSPS) is 13.5. The van der Waals surface area contributed by atoms with Crippen LogP contribution in [-0.2, 0) is 19.4 Å². The van der Waals surface area contributed by atoms with Crippen molar-refractivity contribution < 1.29 is 27.9 Å². The van der Waals surface area contributed by atoms with Crippen LogP contribution in [0.3, 0.4) is 0 Å². The molecule has 1 amide bonds. The van der Waals surface area contributed by atoms with E-state index in [1.807, 2.05) is 20.8 Å². The van der Waals surface area contributed by atoms with Crippen molar-refractivity contribution in [3.63, 3.8) is 0 Å². The van der Waals surface area contributed by atoms with Crippen molar-refractivity contribution in [2.45, 2.75) is 62.8 Å². The molecule has 0 aliphatic carbocycles. The third-order valence-electron chi connectivity index (χ3n) is 3.61. The molecule has 0 aliphatic heterocycles. The highest BCUT2D eigenvalue weighted by atomic mass is 32.2. The van der Waals surface area contributed by atoms with E-state index < -0.39 is 38.6 Å². The monoisotopic (exact) mass is 385 g/mol. The lowest BCUT2D eigenvalue weighted by Gasteiger charge is -2.21. The Morgan fingerprint density at radius 2 is 1.69 bits per heavy atom. The fourth-order valence-electron chi connectivity index (χ4n) is 2.05. The van der Waals surface area contributed by atoms with Crippen LogP contribution in [0.25, 0.3) is 0 Å². The van der Waals surface area contributed by atoms with Crippen molar-refractivity contribution in [1.82, 2.24) is 5.32 Å². The lowest BCUT2D eigenvalue weighted by molar-refractivity contribution is -0.140. The largest absolute Gasteiger partial charge is 0.480 e. The maximum Gasteiger partial charge on any atom is 0.326 e. The smallest absolute Gasteiger partial charge is 0.326 e. The topological polar surface area (TPSA) is 110 Å². The molecule has 1 unspecified atom stereocenters. The fourth-order valence-corrected chi connectivity index (χ4v) is 3.11. The van der Waals surface area contributed by atoms with Crippen LogP contribution in [0.5, 0.6) is 0 Å². The summed E-state index contributed by atoms with van der Waals surface area (Å²) in [7, 11) is -3.42. The maximum atomic E-state index is 12.2. The summed E-state index contributed by atoms with van der Waals surface area (Å²) < 4.78 is 29.7. The van der Waals surface area contributed by atoms with Crippen LogP contribution < -0.4 is 5.32 Å². The number of hydrogen-bond donors (Lipinski definition) is 2. The van der Waals surface area contributed by atoms with E-state index in [-0.39, 0.29) is 23.5 Å². The maximum absolute atomic E-state index is 12.2. The SMILES string of the molecule is CC(C)S(=O)(=O)c1ccc(C(=O)NC(CCOC(C)(C)C)C(=O)O)cc1. The lowest BCUT2D eigenvalue weighted by atomic mass is 10.1. The van der Waals surface area contributed by atoms with E-state index in [1.165, 1.54) is 24.3 Å². The van der Waals surface area contributed by atoms with E-state index in [0.717, 1.165) is 0 Å². The predicted octanol–water partition coefficient (Wildman–Crippen LogP) is 2.26. The highest BCUT2D eigenvalue weighted by molar-refractivity contribution is 7.92. The van der Waals surface area contributed by atoms with Crippen LogP contribution in [0.1, 0.15) is 51.4 Å². The Balaban J connectivity index is 2.80. The minimum absolute atomic E-state index is 0.123. The molecular formula is C18H27NO6S. The van der Waals surface area contributed by atoms with Crippen molar-refractivity contribution in [2.75, 3.05) is 6.61 Å². The minimum Gasteiger partial charge on any atom is -0.480 e. The third kappa shape index (κ3) is 6.42. The van der Waals surface area contributed by atoms with Gasteiger partial charge in [0.25, 0.3) is 5.91 Å². The molecule has 0 spiro atoms. The lowest BCUT2D eigenvalue weighted by Crippen LogP contribution is -2.42. The van der Waals surface area contributed by atoms with Gasteiger partial charge in [-0.25, -0.2) is 13.2 Å². The zero-order valence-electron chi connectivity index (χ0n) is 15.8. The first-order valence-electron chi connectivity index (χ1n) is 8.36. The molecule has 0 bridgehead atoms. The van der Waals surface area contributed by atoms with Crippen molar-refractivity contribution >= 4 is 21.7 Å². The first-order chi connectivity index (χ1) is 11.8. The molecular weight excluding hydrogens is 358 g/mol. The zero-order valence-corrected chi connectivity index (χ0v) is 16.6. The van der Waals surface area contributed by atoms with E-state index in [2.05, 4.69) is 5.32 Å². The molecule has 1 aromatic carbocycles. The second kappa shape index (κ2) is 8.64. The van der Waals surface area contributed by atoms with Gasteiger partial charge in [-0.1, -0.05) is 0 Å². The molecule has 8 heteroatoms. The second-order valence-corrected chi connectivity index (χ2v) is 9.74. The van der Waals surface area contributed by atoms with E-state index in [1.54, 1.807) is 13.8 Å². The van der Waals surface area contributed by atoms with Crippen molar-refractivity contribution in [3.05, 3.63) is 29.8 Å². The molecule has 0 saturated carbocycles. The van der Waals surface area contributed by atoms with Gasteiger partial charge < -0.3 is 15.2 Å². The number of sulfone groups is 1. The van der Waals surface area contributed by atoms with E-state index in [0.29, 0.717) is 0 Å². The average molecular weight is 385 g/mol. The summed E-state index contributed by atoms with van der Waals surface area (Å²) in [6, 6.07) is 4.35. The molecule has 0 saturated heterocycles. The Morgan fingerprint density at radius 1 is 1.15 bits per heavy atom. The molecule has 0 aromatic heterocycles. The highest BCUT2D eigenvalue weighted by Crippen LogP contribution is 2.16. The molecule has 1 atom stereocenters. The summed E-state index contributed by atoms with van der Waals surface area (Å²) in [5.41, 5.74) is -0.208. The van der Waals surface area contributed by atoms with Crippen LogP contribution >= 0.6 is 0 Å². The first kappa shape index (κ1) is 22.1. The predicted molar refractivity (Wildman–Crippen MR) is 98.0 cm³/mol. The first-order valence-corrected chi connectivity index (χ1v) is 9.91. The van der Waals surface area contributed by atoms with Crippen LogP contribution in [-0.4, -0.2) is 48.9 Å². The number of benzene rings is 1. The zero-order chi connectivity index (χ0) is 20.1. The number of carboxylic acids is 1. The third-order valence-corrected chi connectivity index (χ3v) is 5.78. The molecule has 2 N–H and O–H groups in total. The van der Waals surface area contributed by atoms with E-state index in [4.69, 9.17) is 4.74 Å². The molecule has 146 valence electrons. The van der Waals surface area contributed by atoms with Gasteiger partial charge in [-0.05, 0) is 58.9 Å². The number of aliphatic carboxylic acids is 1. The molecule has 0 fully saturated rings. The van der Waals surface area contributed by atoms with Gasteiger partial charge in [0.05, 0.1) is 15.7 Å². The second-order valence-electron chi connectivity index (χ2n) is 7.23.